The van der Waals surface area contributed by atoms with Crippen molar-refractivity contribution >= 4 is 35.1 Å². The molecule has 0 amide bonds. The van der Waals surface area contributed by atoms with Crippen molar-refractivity contribution in [1.29, 1.82) is 0 Å². The maximum atomic E-state index is 11.6. The number of methoxy groups -OCH3 is 1. The van der Waals surface area contributed by atoms with E-state index in [1.165, 1.54) is 19.2 Å². The van der Waals surface area contributed by atoms with Gasteiger partial charge in [-0.1, -0.05) is 23.2 Å². The lowest BCUT2D eigenvalue weighted by atomic mass is 10.0. The zero-order valence-corrected chi connectivity index (χ0v) is 19.5. The molecule has 0 aliphatic carbocycles. The van der Waals surface area contributed by atoms with Crippen LogP contribution in [-0.4, -0.2) is 71.5 Å². The van der Waals surface area contributed by atoms with Gasteiger partial charge < -0.3 is 38.6 Å². The first-order valence-corrected chi connectivity index (χ1v) is 10.3. The van der Waals surface area contributed by atoms with E-state index in [1.807, 2.05) is 0 Å². The molecule has 1 aromatic carbocycles. The Hall–Kier alpha value is -1.66. The molecule has 0 saturated carbocycles. The molecular formula is C20H24Cl2O10. The van der Waals surface area contributed by atoms with Gasteiger partial charge in [-0.3, -0.25) is 0 Å². The Morgan fingerprint density at radius 2 is 1.66 bits per heavy atom. The molecule has 3 aliphatic heterocycles. The summed E-state index contributed by atoms with van der Waals surface area (Å²) in [5.41, 5.74) is -0.114. The van der Waals surface area contributed by atoms with Gasteiger partial charge in [0.15, 0.2) is 23.4 Å². The summed E-state index contributed by atoms with van der Waals surface area (Å²) in [5, 5.41) is 18.6. The lowest BCUT2D eigenvalue weighted by Gasteiger charge is -2.38. The van der Waals surface area contributed by atoms with Crippen LogP contribution in [0.15, 0.2) is 12.1 Å². The number of carboxylic acid groups (broad SMARTS) is 2. The monoisotopic (exact) mass is 494 g/mol. The third-order valence-corrected chi connectivity index (χ3v) is 5.58. The van der Waals surface area contributed by atoms with Crippen LogP contribution in [0.1, 0.15) is 38.1 Å². The summed E-state index contributed by atoms with van der Waals surface area (Å²) in [4.78, 5) is 22.3. The van der Waals surface area contributed by atoms with Gasteiger partial charge in [0, 0.05) is 0 Å². The van der Waals surface area contributed by atoms with E-state index in [9.17, 15) is 14.7 Å². The van der Waals surface area contributed by atoms with Crippen molar-refractivity contribution in [3.05, 3.63) is 27.7 Å². The summed E-state index contributed by atoms with van der Waals surface area (Å²) >= 11 is 11.4. The molecule has 12 heteroatoms. The maximum absolute atomic E-state index is 11.6. The number of rotatable bonds is 3. The number of carbonyl (C=O) groups is 2. The second kappa shape index (κ2) is 8.60. The van der Waals surface area contributed by atoms with E-state index < -0.39 is 47.6 Å². The van der Waals surface area contributed by atoms with Gasteiger partial charge in [0.2, 0.25) is 0 Å². The quantitative estimate of drug-likeness (QED) is 0.645. The molecule has 4 rings (SSSR count). The van der Waals surface area contributed by atoms with Crippen LogP contribution < -0.4 is 4.74 Å². The zero-order valence-electron chi connectivity index (χ0n) is 18.0. The normalized spacial score (nSPS) is 31.7. The van der Waals surface area contributed by atoms with Crippen LogP contribution in [0.2, 0.25) is 10.0 Å². The molecule has 0 radical (unpaired) electrons. The van der Waals surface area contributed by atoms with Gasteiger partial charge in [-0.25, -0.2) is 9.59 Å². The van der Waals surface area contributed by atoms with E-state index in [0.717, 1.165) is 0 Å². The predicted molar refractivity (Wildman–Crippen MR) is 110 cm³/mol. The molecule has 3 aliphatic rings. The highest BCUT2D eigenvalue weighted by Gasteiger charge is 2.71. The minimum absolute atomic E-state index is 0.0849. The third kappa shape index (κ3) is 4.54. The summed E-state index contributed by atoms with van der Waals surface area (Å²) in [5.74, 6) is -5.93. The molecule has 0 bridgehead atoms. The molecule has 178 valence electrons. The Balaban J connectivity index is 0.000000195. The molecule has 10 nitrogen and oxygen atoms in total. The first-order valence-electron chi connectivity index (χ1n) is 9.59. The number of aliphatic carboxylic acids is 1. The smallest absolute Gasteiger partial charge is 0.367 e. The van der Waals surface area contributed by atoms with E-state index in [0.29, 0.717) is 0 Å². The molecule has 0 spiro atoms. The molecule has 1 aromatic rings. The van der Waals surface area contributed by atoms with Gasteiger partial charge in [0.05, 0.1) is 23.8 Å². The van der Waals surface area contributed by atoms with E-state index in [1.54, 1.807) is 27.7 Å². The summed E-state index contributed by atoms with van der Waals surface area (Å²) < 4.78 is 32.8. The summed E-state index contributed by atoms with van der Waals surface area (Å²) in [7, 11) is 1.34. The van der Waals surface area contributed by atoms with Crippen LogP contribution in [0.25, 0.3) is 0 Å². The summed E-state index contributed by atoms with van der Waals surface area (Å²) in [6, 6.07) is 2.89. The average molecular weight is 495 g/mol. The Morgan fingerprint density at radius 3 is 2.19 bits per heavy atom. The lowest BCUT2D eigenvalue weighted by Crippen LogP contribution is -2.52. The van der Waals surface area contributed by atoms with Crippen LogP contribution in [0.4, 0.5) is 0 Å². The highest BCUT2D eigenvalue weighted by atomic mass is 35.5. The Bertz CT molecular complexity index is 918. The largest absolute Gasteiger partial charge is 0.494 e. The van der Waals surface area contributed by atoms with Gasteiger partial charge >= 0.3 is 17.7 Å². The molecule has 2 N–H and O–H groups in total. The number of halogens is 2. The Labute approximate surface area is 194 Å². The highest BCUT2D eigenvalue weighted by molar-refractivity contribution is 6.36. The van der Waals surface area contributed by atoms with Crippen molar-refractivity contribution in [2.75, 3.05) is 13.7 Å². The van der Waals surface area contributed by atoms with E-state index in [4.69, 9.17) is 56.7 Å². The van der Waals surface area contributed by atoms with Crippen molar-refractivity contribution in [2.45, 2.75) is 63.4 Å². The number of carboxylic acids is 2. The second-order valence-corrected chi connectivity index (χ2v) is 9.02. The molecule has 3 heterocycles. The van der Waals surface area contributed by atoms with E-state index in [-0.39, 0.29) is 28.0 Å². The fraction of sp³-hybridized carbons (Fsp3) is 0.600. The minimum atomic E-state index is -1.82. The lowest BCUT2D eigenvalue weighted by molar-refractivity contribution is -0.325. The summed E-state index contributed by atoms with van der Waals surface area (Å²) in [6.45, 7) is 7.09. The van der Waals surface area contributed by atoms with Gasteiger partial charge in [-0.05, 0) is 39.8 Å². The van der Waals surface area contributed by atoms with Gasteiger partial charge in [-0.15, -0.1) is 0 Å². The number of aromatic carboxylic acids is 1. The van der Waals surface area contributed by atoms with Gasteiger partial charge in [0.1, 0.15) is 17.8 Å². The predicted octanol–water partition coefficient (Wildman–Crippen LogP) is 3.17. The third-order valence-electron chi connectivity index (χ3n) is 4.96. The molecular weight excluding hydrogens is 471 g/mol. The van der Waals surface area contributed by atoms with Crippen molar-refractivity contribution < 1.29 is 48.2 Å². The number of fused-ring (bicyclic) bond motifs is 3. The topological polar surface area (TPSA) is 130 Å². The molecule has 3 fully saturated rings. The van der Waals surface area contributed by atoms with Crippen molar-refractivity contribution in [2.24, 2.45) is 0 Å². The number of hydrogen-bond acceptors (Lipinski definition) is 8. The second-order valence-electron chi connectivity index (χ2n) is 8.21. The first kappa shape index (κ1) is 25.0. The van der Waals surface area contributed by atoms with Gasteiger partial charge in [0.25, 0.3) is 0 Å². The summed E-state index contributed by atoms with van der Waals surface area (Å²) in [6.07, 6.45) is -1.85. The Kier molecular flexibility index (Phi) is 6.71. The zero-order chi connectivity index (χ0) is 24.1. The van der Waals surface area contributed by atoms with Crippen LogP contribution >= 0.6 is 23.2 Å². The highest BCUT2D eigenvalue weighted by Crippen LogP contribution is 2.49. The molecule has 32 heavy (non-hydrogen) atoms. The van der Waals surface area contributed by atoms with Crippen LogP contribution in [0.5, 0.6) is 5.75 Å². The SMILES string of the molecule is CC1(C)OC[C@@H]2O[C@@]3(C(=O)O)OC(C)(C)O[C@H]3[C@@H]2O1.COc1c(Cl)ccc(Cl)c1C(=O)O. The van der Waals surface area contributed by atoms with Crippen LogP contribution in [-0.2, 0) is 28.5 Å². The van der Waals surface area contributed by atoms with Crippen molar-refractivity contribution in [1.82, 2.24) is 0 Å². The molecule has 0 unspecified atom stereocenters. The number of hydrogen-bond donors (Lipinski definition) is 2. The van der Waals surface area contributed by atoms with Crippen molar-refractivity contribution in [3.63, 3.8) is 0 Å². The van der Waals surface area contributed by atoms with E-state index in [2.05, 4.69) is 0 Å². The van der Waals surface area contributed by atoms with Crippen molar-refractivity contribution in [3.8, 4) is 5.75 Å². The first-order chi connectivity index (χ1) is 14.7. The standard InChI is InChI=1S/C12H18O7.C8H6Cl2O3/c1-10(2)15-5-6-7(17-10)8-12(16-6,9(13)14)19-11(3,4)18-8;1-13-7-5(10)3-2-4(9)6(7)8(11)12/h6-8H,5H2,1-4H3,(H,13,14);2-3H,1H3,(H,11,12)/t6-,7+,8-,12+;/m0./s1. The minimum Gasteiger partial charge on any atom is -0.494 e. The fourth-order valence-electron chi connectivity index (χ4n) is 3.75. The number of benzene rings is 1. The number of ether oxygens (including phenoxy) is 6. The molecule has 0 aromatic heterocycles. The maximum Gasteiger partial charge on any atom is 0.367 e. The van der Waals surface area contributed by atoms with E-state index >= 15 is 0 Å². The Morgan fingerprint density at radius 1 is 1.03 bits per heavy atom. The van der Waals surface area contributed by atoms with Crippen LogP contribution in [0, 0.1) is 0 Å². The molecule has 3 saturated heterocycles. The van der Waals surface area contributed by atoms with Gasteiger partial charge in [-0.2, -0.15) is 0 Å². The average Bonchev–Trinajstić information content (AvgIpc) is 3.11. The molecule has 4 atom stereocenters. The van der Waals surface area contributed by atoms with Crippen LogP contribution in [0.3, 0.4) is 0 Å². The fourth-order valence-corrected chi connectivity index (χ4v) is 4.22.